The number of nitrogens with zero attached hydrogens (tertiary/aromatic N) is 1. The molecule has 3 aromatic rings. The molecule has 3 aromatic carbocycles. The predicted molar refractivity (Wildman–Crippen MR) is 130 cm³/mol. The van der Waals surface area contributed by atoms with Crippen LogP contribution in [0.2, 0.25) is 0 Å². The van der Waals surface area contributed by atoms with E-state index in [0.29, 0.717) is 24.1 Å². The molecular weight excluding hydrogens is 448 g/mol. The minimum atomic E-state index is -1.05. The highest BCUT2D eigenvalue weighted by Gasteiger charge is 2.38. The Labute approximate surface area is 201 Å². The zero-order chi connectivity index (χ0) is 25.3. The molecule has 0 bridgehead atoms. The number of aromatic hydroxyl groups is 1. The van der Waals surface area contributed by atoms with Crippen molar-refractivity contribution >= 4 is 35.1 Å². The van der Waals surface area contributed by atoms with E-state index in [1.807, 2.05) is 32.0 Å². The van der Waals surface area contributed by atoms with E-state index < -0.39 is 23.7 Å². The van der Waals surface area contributed by atoms with Gasteiger partial charge in [0.05, 0.1) is 28.9 Å². The van der Waals surface area contributed by atoms with Gasteiger partial charge in [-0.1, -0.05) is 38.1 Å². The number of carboxylic acids is 1. The van der Waals surface area contributed by atoms with Gasteiger partial charge in [-0.25, -0.2) is 4.90 Å². The van der Waals surface area contributed by atoms with Crippen molar-refractivity contribution in [3.63, 3.8) is 0 Å². The number of hydrogen-bond donors (Lipinski definition) is 3. The lowest BCUT2D eigenvalue weighted by Crippen LogP contribution is -2.31. The van der Waals surface area contributed by atoms with Crippen molar-refractivity contribution in [2.75, 3.05) is 10.2 Å². The molecule has 0 saturated heterocycles. The predicted octanol–water partition coefficient (Wildman–Crippen LogP) is 4.20. The molecular formula is C27H24N2O6. The third kappa shape index (κ3) is 4.38. The Morgan fingerprint density at radius 3 is 2.17 bits per heavy atom. The van der Waals surface area contributed by atoms with Crippen molar-refractivity contribution in [3.8, 4) is 5.75 Å². The number of benzene rings is 3. The van der Waals surface area contributed by atoms with Crippen molar-refractivity contribution in [2.24, 2.45) is 0 Å². The Hall–Kier alpha value is -4.46. The summed E-state index contributed by atoms with van der Waals surface area (Å²) < 4.78 is 0. The summed E-state index contributed by atoms with van der Waals surface area (Å²) >= 11 is 0. The molecule has 3 N–H and O–H groups in total. The van der Waals surface area contributed by atoms with Gasteiger partial charge < -0.3 is 15.5 Å². The van der Waals surface area contributed by atoms with Crippen LogP contribution >= 0.6 is 0 Å². The van der Waals surface area contributed by atoms with Crippen LogP contribution in [0.3, 0.4) is 0 Å². The Kier molecular flexibility index (Phi) is 6.38. The van der Waals surface area contributed by atoms with Crippen LogP contribution in [0, 0.1) is 0 Å². The van der Waals surface area contributed by atoms with Gasteiger partial charge in [0.25, 0.3) is 17.7 Å². The number of aliphatic carboxylic acids is 1. The van der Waals surface area contributed by atoms with E-state index in [1.54, 1.807) is 0 Å². The summed E-state index contributed by atoms with van der Waals surface area (Å²) in [5.41, 5.74) is 3.26. The molecule has 4 rings (SSSR count). The lowest BCUT2D eigenvalue weighted by molar-refractivity contribution is -0.136. The topological polar surface area (TPSA) is 124 Å². The molecule has 1 heterocycles. The van der Waals surface area contributed by atoms with Gasteiger partial charge in [-0.3, -0.25) is 19.2 Å². The number of carbonyl (C=O) groups excluding carboxylic acids is 3. The number of rotatable bonds is 7. The summed E-state index contributed by atoms with van der Waals surface area (Å²) in [7, 11) is 0. The van der Waals surface area contributed by atoms with E-state index in [4.69, 9.17) is 5.11 Å². The highest BCUT2D eigenvalue weighted by molar-refractivity contribution is 6.35. The summed E-state index contributed by atoms with van der Waals surface area (Å²) in [5, 5.41) is 21.6. The minimum absolute atomic E-state index is 0.0442. The van der Waals surface area contributed by atoms with E-state index in [9.17, 15) is 24.3 Å². The van der Waals surface area contributed by atoms with Gasteiger partial charge in [0.15, 0.2) is 0 Å². The van der Waals surface area contributed by atoms with E-state index in [-0.39, 0.29) is 34.5 Å². The Morgan fingerprint density at radius 1 is 0.886 bits per heavy atom. The summed E-state index contributed by atoms with van der Waals surface area (Å²) in [6, 6.07) is 14.1. The second-order valence-corrected chi connectivity index (χ2v) is 8.21. The highest BCUT2D eigenvalue weighted by atomic mass is 16.4. The summed E-state index contributed by atoms with van der Waals surface area (Å²) in [5.74, 6) is -2.82. The molecule has 178 valence electrons. The number of aryl methyl sites for hydroxylation is 2. The highest BCUT2D eigenvalue weighted by Crippen LogP contribution is 2.35. The molecule has 0 atom stereocenters. The van der Waals surface area contributed by atoms with Crippen LogP contribution in [0.5, 0.6) is 5.75 Å². The van der Waals surface area contributed by atoms with E-state index >= 15 is 0 Å². The number of hydrogen-bond acceptors (Lipinski definition) is 5. The second-order valence-electron chi connectivity index (χ2n) is 8.21. The number of imide groups is 1. The average molecular weight is 472 g/mol. The molecule has 1 aliphatic heterocycles. The van der Waals surface area contributed by atoms with Crippen molar-refractivity contribution in [3.05, 3.63) is 88.0 Å². The Balaban J connectivity index is 1.66. The van der Waals surface area contributed by atoms with Gasteiger partial charge in [0, 0.05) is 5.56 Å². The molecule has 0 radical (unpaired) electrons. The molecule has 35 heavy (non-hydrogen) atoms. The quantitative estimate of drug-likeness (QED) is 0.350. The summed E-state index contributed by atoms with van der Waals surface area (Å²) in [6.45, 7) is 3.92. The lowest BCUT2D eigenvalue weighted by atomic mass is 10.0. The fourth-order valence-corrected chi connectivity index (χ4v) is 4.25. The summed E-state index contributed by atoms with van der Waals surface area (Å²) in [4.78, 5) is 51.6. The van der Waals surface area contributed by atoms with Gasteiger partial charge in [-0.15, -0.1) is 0 Å². The fourth-order valence-electron chi connectivity index (χ4n) is 4.25. The van der Waals surface area contributed by atoms with E-state index in [2.05, 4.69) is 5.32 Å². The van der Waals surface area contributed by atoms with Gasteiger partial charge >= 0.3 is 5.97 Å². The minimum Gasteiger partial charge on any atom is -0.506 e. The maximum Gasteiger partial charge on any atom is 0.307 e. The summed E-state index contributed by atoms with van der Waals surface area (Å²) in [6.07, 6.45) is 1.02. The normalized spacial score (nSPS) is 12.6. The van der Waals surface area contributed by atoms with Crippen LogP contribution in [0.25, 0.3) is 0 Å². The number of fused-ring (bicyclic) bond motifs is 1. The maximum absolute atomic E-state index is 13.4. The first-order valence-electron chi connectivity index (χ1n) is 11.2. The molecule has 1 aliphatic rings. The van der Waals surface area contributed by atoms with Gasteiger partial charge in [-0.2, -0.15) is 0 Å². The second kappa shape index (κ2) is 9.42. The number of phenolic OH excluding ortho intramolecular Hbond substituents is 1. The van der Waals surface area contributed by atoms with Crippen molar-refractivity contribution in [1.82, 2.24) is 0 Å². The molecule has 0 aliphatic carbocycles. The number of carbonyl (C=O) groups is 4. The van der Waals surface area contributed by atoms with Crippen molar-refractivity contribution < 1.29 is 29.4 Å². The van der Waals surface area contributed by atoms with Gasteiger partial charge in [-0.05, 0) is 59.9 Å². The number of amides is 3. The number of phenols is 1. The molecule has 0 aromatic heterocycles. The third-order valence-electron chi connectivity index (χ3n) is 6.00. The SMILES string of the molecule is CCc1cccc(CC)c1N1C(=O)c2ccc(C(=O)Nc3cc(CC(=O)O)ccc3O)cc2C1=O. The first-order valence-corrected chi connectivity index (χ1v) is 11.2. The molecule has 0 saturated carbocycles. The van der Waals surface area contributed by atoms with Crippen molar-refractivity contribution in [2.45, 2.75) is 33.1 Å². The molecule has 8 heteroatoms. The van der Waals surface area contributed by atoms with Crippen LogP contribution in [0.15, 0.2) is 54.6 Å². The Morgan fingerprint density at radius 2 is 1.54 bits per heavy atom. The number of para-hydroxylation sites is 1. The van der Waals surface area contributed by atoms with Gasteiger partial charge in [0.1, 0.15) is 5.75 Å². The first-order chi connectivity index (χ1) is 16.7. The Bertz CT molecular complexity index is 1360. The third-order valence-corrected chi connectivity index (χ3v) is 6.00. The molecule has 3 amide bonds. The standard InChI is InChI=1S/C27H24N2O6/c1-3-16-6-5-7-17(4-2)24(16)29-26(34)19-10-9-18(14-20(19)27(29)35)25(33)28-21-12-15(13-23(31)32)8-11-22(21)30/h5-12,14,30H,3-4,13H2,1-2H3,(H,28,33)(H,31,32). The monoisotopic (exact) mass is 472 g/mol. The molecule has 0 spiro atoms. The van der Waals surface area contributed by atoms with E-state index in [0.717, 1.165) is 11.1 Å². The van der Waals surface area contributed by atoms with Crippen LogP contribution < -0.4 is 10.2 Å². The molecule has 8 nitrogen and oxygen atoms in total. The zero-order valence-corrected chi connectivity index (χ0v) is 19.3. The smallest absolute Gasteiger partial charge is 0.307 e. The largest absolute Gasteiger partial charge is 0.506 e. The number of carboxylic acid groups (broad SMARTS) is 1. The van der Waals surface area contributed by atoms with Crippen LogP contribution in [-0.2, 0) is 24.1 Å². The van der Waals surface area contributed by atoms with Crippen molar-refractivity contribution in [1.29, 1.82) is 0 Å². The zero-order valence-electron chi connectivity index (χ0n) is 19.3. The average Bonchev–Trinajstić information content (AvgIpc) is 3.09. The van der Waals surface area contributed by atoms with Crippen LogP contribution in [-0.4, -0.2) is 33.9 Å². The number of nitrogens with one attached hydrogen (secondary N) is 1. The molecule has 0 unspecified atom stereocenters. The number of anilines is 2. The van der Waals surface area contributed by atoms with Crippen LogP contribution in [0.4, 0.5) is 11.4 Å². The first kappa shape index (κ1) is 23.7. The maximum atomic E-state index is 13.4. The van der Waals surface area contributed by atoms with E-state index in [1.165, 1.54) is 41.3 Å². The lowest BCUT2D eigenvalue weighted by Gasteiger charge is -2.21. The molecule has 0 fully saturated rings. The fraction of sp³-hybridized carbons (Fsp3) is 0.185. The van der Waals surface area contributed by atoms with Gasteiger partial charge in [0.2, 0.25) is 0 Å². The van der Waals surface area contributed by atoms with Crippen LogP contribution in [0.1, 0.15) is 61.6 Å².